The number of hydrogen-bond donors (Lipinski definition) is 1. The second-order valence-corrected chi connectivity index (χ2v) is 3.02. The highest BCUT2D eigenvalue weighted by atomic mass is 14.9. The van der Waals surface area contributed by atoms with Crippen LogP contribution in [0.5, 0.6) is 0 Å². The van der Waals surface area contributed by atoms with Crippen molar-refractivity contribution < 1.29 is 0 Å². The summed E-state index contributed by atoms with van der Waals surface area (Å²) in [5.74, 6) is 0.940. The molecule has 0 spiro atoms. The van der Waals surface area contributed by atoms with Crippen LogP contribution in [0.1, 0.15) is 17.0 Å². The number of nitrogens with one attached hydrogen (secondary N) is 1. The highest BCUT2D eigenvalue weighted by Gasteiger charge is 1.97. The zero-order chi connectivity index (χ0) is 9.80. The summed E-state index contributed by atoms with van der Waals surface area (Å²) in [4.78, 5) is 7.17. The van der Waals surface area contributed by atoms with E-state index in [9.17, 15) is 0 Å². The number of H-pyrrole nitrogens is 1. The van der Waals surface area contributed by atoms with E-state index in [4.69, 9.17) is 5.26 Å². The van der Waals surface area contributed by atoms with Crippen molar-refractivity contribution in [2.24, 2.45) is 0 Å². The number of nitriles is 1. The zero-order valence-electron chi connectivity index (χ0n) is 7.57. The normalized spacial score (nSPS) is 9.64. The first-order chi connectivity index (χ1) is 6.88. The van der Waals surface area contributed by atoms with Crippen molar-refractivity contribution in [3.8, 4) is 6.07 Å². The van der Waals surface area contributed by atoms with Gasteiger partial charge in [-0.15, -0.1) is 0 Å². The number of aromatic nitrogens is 2. The van der Waals surface area contributed by atoms with Gasteiger partial charge < -0.3 is 4.98 Å². The SMILES string of the molecule is N#Cc1ccc(Cc2ncc[nH]2)cc1. The van der Waals surface area contributed by atoms with Gasteiger partial charge in [-0.2, -0.15) is 5.26 Å². The average Bonchev–Trinajstić information content (AvgIpc) is 2.72. The summed E-state index contributed by atoms with van der Waals surface area (Å²) in [5.41, 5.74) is 1.84. The molecule has 1 aromatic carbocycles. The van der Waals surface area contributed by atoms with Crippen molar-refractivity contribution in [1.82, 2.24) is 9.97 Å². The van der Waals surface area contributed by atoms with E-state index in [-0.39, 0.29) is 0 Å². The van der Waals surface area contributed by atoms with Crippen LogP contribution in [0.4, 0.5) is 0 Å². The standard InChI is InChI=1S/C11H9N3/c12-8-10-3-1-9(2-4-10)7-11-13-5-6-14-11/h1-6H,7H2,(H,13,14). The first kappa shape index (κ1) is 8.52. The van der Waals surface area contributed by atoms with E-state index in [2.05, 4.69) is 16.0 Å². The molecule has 0 bridgehead atoms. The largest absolute Gasteiger partial charge is 0.348 e. The van der Waals surface area contributed by atoms with Crippen LogP contribution in [0.2, 0.25) is 0 Å². The van der Waals surface area contributed by atoms with Crippen molar-refractivity contribution >= 4 is 0 Å². The second kappa shape index (κ2) is 3.75. The molecular formula is C11H9N3. The summed E-state index contributed by atoms with van der Waals surface area (Å²) in [6.07, 6.45) is 4.32. The smallest absolute Gasteiger partial charge is 0.110 e. The van der Waals surface area contributed by atoms with E-state index in [0.29, 0.717) is 5.56 Å². The summed E-state index contributed by atoms with van der Waals surface area (Å²) < 4.78 is 0. The maximum absolute atomic E-state index is 8.62. The molecule has 0 saturated heterocycles. The molecule has 0 saturated carbocycles. The molecule has 1 aromatic heterocycles. The Balaban J connectivity index is 2.15. The van der Waals surface area contributed by atoms with Crippen LogP contribution in [0.15, 0.2) is 36.7 Å². The van der Waals surface area contributed by atoms with Gasteiger partial charge >= 0.3 is 0 Å². The van der Waals surface area contributed by atoms with Crippen molar-refractivity contribution in [3.05, 3.63) is 53.6 Å². The predicted octanol–water partition coefficient (Wildman–Crippen LogP) is 1.87. The van der Waals surface area contributed by atoms with Gasteiger partial charge in [0.15, 0.2) is 0 Å². The topological polar surface area (TPSA) is 52.5 Å². The number of aromatic amines is 1. The predicted molar refractivity (Wildman–Crippen MR) is 52.6 cm³/mol. The Kier molecular flexibility index (Phi) is 2.28. The minimum Gasteiger partial charge on any atom is -0.348 e. The molecule has 0 aliphatic heterocycles. The first-order valence-corrected chi connectivity index (χ1v) is 4.36. The summed E-state index contributed by atoms with van der Waals surface area (Å²) in [7, 11) is 0. The van der Waals surface area contributed by atoms with Gasteiger partial charge in [0.2, 0.25) is 0 Å². The van der Waals surface area contributed by atoms with Crippen molar-refractivity contribution in [2.45, 2.75) is 6.42 Å². The molecule has 0 aliphatic rings. The van der Waals surface area contributed by atoms with E-state index in [1.165, 1.54) is 0 Å². The molecule has 0 radical (unpaired) electrons. The van der Waals surface area contributed by atoms with Gasteiger partial charge in [-0.1, -0.05) is 12.1 Å². The molecule has 3 heteroatoms. The number of imidazole rings is 1. The van der Waals surface area contributed by atoms with Crippen molar-refractivity contribution in [2.75, 3.05) is 0 Å². The molecule has 0 fully saturated rings. The van der Waals surface area contributed by atoms with E-state index in [0.717, 1.165) is 17.8 Å². The molecule has 2 aromatic rings. The lowest BCUT2D eigenvalue weighted by atomic mass is 10.1. The van der Waals surface area contributed by atoms with E-state index < -0.39 is 0 Å². The Morgan fingerprint density at radius 3 is 2.64 bits per heavy atom. The van der Waals surface area contributed by atoms with Crippen LogP contribution in [-0.2, 0) is 6.42 Å². The Bertz CT molecular complexity index is 434. The van der Waals surface area contributed by atoms with Gasteiger partial charge in [0.25, 0.3) is 0 Å². The second-order valence-electron chi connectivity index (χ2n) is 3.02. The fourth-order valence-electron chi connectivity index (χ4n) is 1.29. The number of rotatable bonds is 2. The van der Waals surface area contributed by atoms with Gasteiger partial charge in [0, 0.05) is 18.8 Å². The fraction of sp³-hybridized carbons (Fsp3) is 0.0909. The van der Waals surface area contributed by atoms with E-state index in [1.54, 1.807) is 12.4 Å². The number of benzene rings is 1. The monoisotopic (exact) mass is 183 g/mol. The average molecular weight is 183 g/mol. The Morgan fingerprint density at radius 2 is 2.07 bits per heavy atom. The van der Waals surface area contributed by atoms with Gasteiger partial charge in [-0.25, -0.2) is 4.98 Å². The van der Waals surface area contributed by atoms with Crippen LogP contribution in [-0.4, -0.2) is 9.97 Å². The Morgan fingerprint density at radius 1 is 1.29 bits per heavy atom. The molecule has 68 valence electrons. The summed E-state index contributed by atoms with van der Waals surface area (Å²) in [6.45, 7) is 0. The Hall–Kier alpha value is -2.08. The third-order valence-corrected chi connectivity index (χ3v) is 2.01. The maximum Gasteiger partial charge on any atom is 0.110 e. The summed E-state index contributed by atoms with van der Waals surface area (Å²) >= 11 is 0. The third-order valence-electron chi connectivity index (χ3n) is 2.01. The van der Waals surface area contributed by atoms with Gasteiger partial charge in [0.05, 0.1) is 11.6 Å². The van der Waals surface area contributed by atoms with Gasteiger partial charge in [-0.05, 0) is 17.7 Å². The third kappa shape index (κ3) is 1.80. The zero-order valence-corrected chi connectivity index (χ0v) is 7.57. The van der Waals surface area contributed by atoms with Crippen LogP contribution < -0.4 is 0 Å². The van der Waals surface area contributed by atoms with Crippen LogP contribution in [0.25, 0.3) is 0 Å². The van der Waals surface area contributed by atoms with Crippen molar-refractivity contribution in [3.63, 3.8) is 0 Å². The molecule has 1 N–H and O–H groups in total. The molecule has 14 heavy (non-hydrogen) atoms. The first-order valence-electron chi connectivity index (χ1n) is 4.36. The molecular weight excluding hydrogens is 174 g/mol. The lowest BCUT2D eigenvalue weighted by molar-refractivity contribution is 1.03. The quantitative estimate of drug-likeness (QED) is 0.772. The molecule has 0 amide bonds. The van der Waals surface area contributed by atoms with Crippen molar-refractivity contribution in [1.29, 1.82) is 5.26 Å². The van der Waals surface area contributed by atoms with Gasteiger partial charge in [0.1, 0.15) is 5.82 Å². The minimum absolute atomic E-state index is 0.688. The molecule has 3 nitrogen and oxygen atoms in total. The highest BCUT2D eigenvalue weighted by molar-refractivity contribution is 5.32. The lowest BCUT2D eigenvalue weighted by Crippen LogP contribution is -1.90. The molecule has 0 unspecified atom stereocenters. The van der Waals surface area contributed by atoms with Gasteiger partial charge in [-0.3, -0.25) is 0 Å². The number of hydrogen-bond acceptors (Lipinski definition) is 2. The Labute approximate surface area is 82.0 Å². The van der Waals surface area contributed by atoms with Crippen LogP contribution >= 0.6 is 0 Å². The minimum atomic E-state index is 0.688. The van der Waals surface area contributed by atoms with E-state index >= 15 is 0 Å². The van der Waals surface area contributed by atoms with Crippen LogP contribution in [0.3, 0.4) is 0 Å². The van der Waals surface area contributed by atoms with Crippen LogP contribution in [0, 0.1) is 11.3 Å². The molecule has 0 aliphatic carbocycles. The van der Waals surface area contributed by atoms with E-state index in [1.807, 2.05) is 24.3 Å². The molecule has 1 heterocycles. The molecule has 2 rings (SSSR count). The summed E-state index contributed by atoms with van der Waals surface area (Å²) in [6, 6.07) is 9.62. The fourth-order valence-corrected chi connectivity index (χ4v) is 1.29. The number of nitrogens with zero attached hydrogens (tertiary/aromatic N) is 2. The molecule has 0 atom stereocenters. The summed E-state index contributed by atoms with van der Waals surface area (Å²) in [5, 5.41) is 8.62. The maximum atomic E-state index is 8.62. The highest BCUT2D eigenvalue weighted by Crippen LogP contribution is 2.06. The lowest BCUT2D eigenvalue weighted by Gasteiger charge is -1.97.